The third-order valence-electron chi connectivity index (χ3n) is 4.45. The number of hydrogen-bond acceptors (Lipinski definition) is 4. The van der Waals surface area contributed by atoms with E-state index in [-0.39, 0.29) is 18.1 Å². The highest BCUT2D eigenvalue weighted by Gasteiger charge is 2.22. The van der Waals surface area contributed by atoms with Crippen molar-refractivity contribution in [1.29, 1.82) is 0 Å². The Hall–Kier alpha value is -2.88. The van der Waals surface area contributed by atoms with Gasteiger partial charge in [-0.1, -0.05) is 48.8 Å². The van der Waals surface area contributed by atoms with Gasteiger partial charge in [0.2, 0.25) is 0 Å². The lowest BCUT2D eigenvalue weighted by molar-refractivity contribution is -0.121. The van der Waals surface area contributed by atoms with Crippen LogP contribution in [0.25, 0.3) is 22.4 Å². The zero-order valence-corrected chi connectivity index (χ0v) is 15.6. The van der Waals surface area contributed by atoms with Crippen LogP contribution in [-0.2, 0) is 11.2 Å². The van der Waals surface area contributed by atoms with Gasteiger partial charge in [-0.25, -0.2) is 0 Å². The summed E-state index contributed by atoms with van der Waals surface area (Å²) in [4.78, 5) is 12.3. The Morgan fingerprint density at radius 1 is 1.04 bits per heavy atom. The molecule has 26 heavy (non-hydrogen) atoms. The first-order chi connectivity index (χ1) is 12.5. The minimum absolute atomic E-state index is 0.0459. The summed E-state index contributed by atoms with van der Waals surface area (Å²) in [5.41, 5.74) is 4.71. The number of nitrogens with zero attached hydrogens (tertiary/aromatic N) is 1. The van der Waals surface area contributed by atoms with Crippen LogP contribution in [0.3, 0.4) is 0 Å². The molecule has 1 aromatic heterocycles. The molecule has 1 heterocycles. The first-order valence-corrected chi connectivity index (χ1v) is 8.72. The number of carbonyl (C=O) groups is 1. The minimum atomic E-state index is -0.0459. The van der Waals surface area contributed by atoms with E-state index in [4.69, 9.17) is 9.26 Å². The van der Waals surface area contributed by atoms with Crippen LogP contribution in [0.1, 0.15) is 25.2 Å². The number of methoxy groups -OCH3 is 1. The summed E-state index contributed by atoms with van der Waals surface area (Å²) in [7, 11) is 1.64. The number of aromatic nitrogens is 1. The topological polar surface area (TPSA) is 52.3 Å². The highest BCUT2D eigenvalue weighted by molar-refractivity contribution is 5.88. The molecule has 0 fully saturated rings. The molecule has 3 aromatic rings. The fraction of sp³-hybridized carbons (Fsp3) is 0.273. The number of rotatable bonds is 6. The Labute approximate surface area is 153 Å². The molecule has 0 saturated carbocycles. The summed E-state index contributed by atoms with van der Waals surface area (Å²) < 4.78 is 10.8. The molecular formula is C22H23NO3. The lowest BCUT2D eigenvalue weighted by Gasteiger charge is -2.07. The van der Waals surface area contributed by atoms with Crippen LogP contribution in [-0.4, -0.2) is 18.0 Å². The van der Waals surface area contributed by atoms with Crippen molar-refractivity contribution in [3.8, 4) is 28.1 Å². The van der Waals surface area contributed by atoms with Gasteiger partial charge < -0.3 is 9.26 Å². The number of ether oxygens (including phenoxy) is 1. The Bertz CT molecular complexity index is 890. The molecule has 0 saturated heterocycles. The van der Waals surface area contributed by atoms with Gasteiger partial charge in [0, 0.05) is 11.5 Å². The largest absolute Gasteiger partial charge is 0.497 e. The number of carbonyl (C=O) groups excluding carboxylic acids is 1. The van der Waals surface area contributed by atoms with E-state index in [1.165, 1.54) is 5.56 Å². The van der Waals surface area contributed by atoms with E-state index in [1.807, 2.05) is 69.3 Å². The lowest BCUT2D eigenvalue weighted by Crippen LogP contribution is -2.10. The average Bonchev–Trinajstić information content (AvgIpc) is 3.06. The third-order valence-corrected chi connectivity index (χ3v) is 4.45. The van der Waals surface area contributed by atoms with Crippen LogP contribution in [0.15, 0.2) is 53.1 Å². The van der Waals surface area contributed by atoms with Crippen molar-refractivity contribution >= 4 is 5.78 Å². The van der Waals surface area contributed by atoms with Gasteiger partial charge in [0.25, 0.3) is 0 Å². The Morgan fingerprint density at radius 2 is 1.65 bits per heavy atom. The molecule has 4 nitrogen and oxygen atoms in total. The van der Waals surface area contributed by atoms with Crippen molar-refractivity contribution in [3.63, 3.8) is 0 Å². The molecule has 0 amide bonds. The van der Waals surface area contributed by atoms with E-state index in [0.29, 0.717) is 5.76 Å². The average molecular weight is 349 g/mol. The number of Topliss-reactive ketones (excluding diaryl/α,β-unsaturated/α-hetero) is 1. The summed E-state index contributed by atoms with van der Waals surface area (Å²) in [6, 6.07) is 15.9. The van der Waals surface area contributed by atoms with Crippen LogP contribution < -0.4 is 4.74 Å². The van der Waals surface area contributed by atoms with Crippen LogP contribution in [0.4, 0.5) is 0 Å². The maximum Gasteiger partial charge on any atom is 0.152 e. The Kier molecular flexibility index (Phi) is 5.21. The molecule has 2 aromatic carbocycles. The second-order valence-electron chi connectivity index (χ2n) is 6.72. The van der Waals surface area contributed by atoms with Crippen LogP contribution in [0, 0.1) is 12.8 Å². The van der Waals surface area contributed by atoms with E-state index in [9.17, 15) is 4.79 Å². The van der Waals surface area contributed by atoms with Gasteiger partial charge in [-0.15, -0.1) is 0 Å². The van der Waals surface area contributed by atoms with Crippen LogP contribution in [0.5, 0.6) is 5.75 Å². The van der Waals surface area contributed by atoms with Gasteiger partial charge in [-0.2, -0.15) is 0 Å². The van der Waals surface area contributed by atoms with Crippen LogP contribution >= 0.6 is 0 Å². The molecule has 3 rings (SSSR count). The molecule has 0 aliphatic carbocycles. The summed E-state index contributed by atoms with van der Waals surface area (Å²) in [6.07, 6.45) is 0.240. The van der Waals surface area contributed by atoms with E-state index in [1.54, 1.807) is 7.11 Å². The minimum Gasteiger partial charge on any atom is -0.497 e. The lowest BCUT2D eigenvalue weighted by atomic mass is 9.95. The summed E-state index contributed by atoms with van der Waals surface area (Å²) >= 11 is 0. The van der Waals surface area contributed by atoms with Gasteiger partial charge in [0.1, 0.15) is 17.2 Å². The van der Waals surface area contributed by atoms with Crippen molar-refractivity contribution in [3.05, 3.63) is 59.9 Å². The quantitative estimate of drug-likeness (QED) is 0.622. The highest BCUT2D eigenvalue weighted by atomic mass is 16.5. The second kappa shape index (κ2) is 7.56. The molecule has 0 aliphatic rings. The fourth-order valence-corrected chi connectivity index (χ4v) is 2.77. The maximum absolute atomic E-state index is 12.3. The molecule has 0 aliphatic heterocycles. The van der Waals surface area contributed by atoms with Gasteiger partial charge in [0.05, 0.1) is 19.1 Å². The molecule has 0 N–H and O–H groups in total. The predicted octanol–water partition coefficient (Wildman–Crippen LogP) is 5.09. The molecule has 134 valence electrons. The van der Waals surface area contributed by atoms with Gasteiger partial charge in [-0.3, -0.25) is 4.79 Å². The van der Waals surface area contributed by atoms with Gasteiger partial charge in [-0.05, 0) is 36.8 Å². The normalized spacial score (nSPS) is 11.0. The highest BCUT2D eigenvalue weighted by Crippen LogP contribution is 2.36. The van der Waals surface area contributed by atoms with Gasteiger partial charge in [0.15, 0.2) is 5.76 Å². The molecule has 4 heteroatoms. The maximum atomic E-state index is 12.3. The van der Waals surface area contributed by atoms with Crippen molar-refractivity contribution in [2.24, 2.45) is 5.92 Å². The predicted molar refractivity (Wildman–Crippen MR) is 102 cm³/mol. The Balaban J connectivity index is 2.10. The molecular weight excluding hydrogens is 326 g/mol. The summed E-state index contributed by atoms with van der Waals surface area (Å²) in [5, 5.41) is 4.29. The van der Waals surface area contributed by atoms with Crippen molar-refractivity contribution in [2.45, 2.75) is 27.2 Å². The second-order valence-corrected chi connectivity index (χ2v) is 6.72. The summed E-state index contributed by atoms with van der Waals surface area (Å²) in [5.74, 6) is 1.48. The first kappa shape index (κ1) is 17.9. The van der Waals surface area contributed by atoms with E-state index in [2.05, 4.69) is 5.16 Å². The summed E-state index contributed by atoms with van der Waals surface area (Å²) in [6.45, 7) is 5.84. The molecule has 0 atom stereocenters. The van der Waals surface area contributed by atoms with E-state index < -0.39 is 0 Å². The number of hydrogen-bond donors (Lipinski definition) is 0. The van der Waals surface area contributed by atoms with Crippen molar-refractivity contribution in [2.75, 3.05) is 7.11 Å². The van der Waals surface area contributed by atoms with E-state index >= 15 is 0 Å². The van der Waals surface area contributed by atoms with E-state index in [0.717, 1.165) is 28.1 Å². The van der Waals surface area contributed by atoms with Crippen molar-refractivity contribution < 1.29 is 14.1 Å². The SMILES string of the molecule is COc1ccc(-c2noc(CC(=O)C(C)C)c2-c2ccc(C)cc2)cc1. The fourth-order valence-electron chi connectivity index (χ4n) is 2.77. The number of benzene rings is 2. The number of aryl methyl sites for hydroxylation is 1. The van der Waals surface area contributed by atoms with Crippen molar-refractivity contribution in [1.82, 2.24) is 5.16 Å². The van der Waals surface area contributed by atoms with Gasteiger partial charge >= 0.3 is 0 Å². The monoisotopic (exact) mass is 349 g/mol. The third kappa shape index (κ3) is 3.69. The first-order valence-electron chi connectivity index (χ1n) is 8.72. The number of ketones is 1. The zero-order valence-electron chi connectivity index (χ0n) is 15.6. The Morgan fingerprint density at radius 3 is 2.23 bits per heavy atom. The standard InChI is InChI=1S/C22H23NO3/c1-14(2)19(24)13-20-21(16-7-5-15(3)6-8-16)22(23-26-20)17-9-11-18(25-4)12-10-17/h5-12,14H,13H2,1-4H3. The molecule has 0 unspecified atom stereocenters. The zero-order chi connectivity index (χ0) is 18.7. The van der Waals surface area contributed by atoms with Crippen LogP contribution in [0.2, 0.25) is 0 Å². The molecule has 0 spiro atoms. The molecule has 0 radical (unpaired) electrons. The smallest absolute Gasteiger partial charge is 0.152 e. The molecule has 0 bridgehead atoms.